The van der Waals surface area contributed by atoms with Gasteiger partial charge >= 0.3 is 0 Å². The maximum Gasteiger partial charge on any atom is 0.261 e. The van der Waals surface area contributed by atoms with E-state index in [9.17, 15) is 13.2 Å². The van der Waals surface area contributed by atoms with Crippen LogP contribution < -0.4 is 4.74 Å². The predicted octanol–water partition coefficient (Wildman–Crippen LogP) is 1.61. The molecule has 0 aliphatic carbocycles. The fraction of sp³-hybridized carbons (Fsp3) is 0.417. The summed E-state index contributed by atoms with van der Waals surface area (Å²) in [4.78, 5) is 13.5. The number of halogens is 2. The van der Waals surface area contributed by atoms with Gasteiger partial charge in [0.2, 0.25) is 0 Å². The summed E-state index contributed by atoms with van der Waals surface area (Å²) in [6.45, 7) is 2.03. The molecule has 0 bridgehead atoms. The molecule has 1 aromatic rings. The third-order valence-electron chi connectivity index (χ3n) is 2.90. The minimum atomic E-state index is -3.79. The minimum absolute atomic E-state index is 0.0390. The Morgan fingerprint density at radius 3 is 2.62 bits per heavy atom. The van der Waals surface area contributed by atoms with Crippen molar-refractivity contribution in [3.8, 4) is 5.75 Å². The summed E-state index contributed by atoms with van der Waals surface area (Å²) in [5.41, 5.74) is 0. The van der Waals surface area contributed by atoms with Gasteiger partial charge in [-0.05, 0) is 34.1 Å². The quantitative estimate of drug-likeness (QED) is 0.721. The Morgan fingerprint density at radius 2 is 2.05 bits per heavy atom. The summed E-state index contributed by atoms with van der Waals surface area (Å²) in [7, 11) is 1.46. The van der Waals surface area contributed by atoms with E-state index in [1.807, 2.05) is 0 Å². The molecular weight excluding hydrogens is 386 g/mol. The van der Waals surface area contributed by atoms with E-state index in [4.69, 9.17) is 20.2 Å². The zero-order valence-electron chi connectivity index (χ0n) is 10.9. The van der Waals surface area contributed by atoms with Gasteiger partial charge in [-0.3, -0.25) is 4.79 Å². The third-order valence-corrected chi connectivity index (χ3v) is 4.87. The van der Waals surface area contributed by atoms with Crippen LogP contribution in [0.4, 0.5) is 0 Å². The lowest BCUT2D eigenvalue weighted by atomic mass is 10.3. The van der Waals surface area contributed by atoms with E-state index in [0.717, 1.165) is 0 Å². The highest BCUT2D eigenvalue weighted by Crippen LogP contribution is 2.29. The average molecular weight is 399 g/mol. The Bertz CT molecular complexity index is 631. The molecule has 1 heterocycles. The van der Waals surface area contributed by atoms with E-state index in [1.165, 1.54) is 18.2 Å². The molecule has 0 aromatic heterocycles. The Hall–Kier alpha value is -0.830. The molecule has 21 heavy (non-hydrogen) atoms. The van der Waals surface area contributed by atoms with Gasteiger partial charge in [-0.1, -0.05) is 0 Å². The molecule has 0 spiro atoms. The molecule has 6 nitrogen and oxygen atoms in total. The number of hydrogen-bond donors (Lipinski definition) is 0. The number of morpholine rings is 1. The summed E-state index contributed by atoms with van der Waals surface area (Å²) < 4.78 is 33.4. The zero-order valence-corrected chi connectivity index (χ0v) is 14.1. The summed E-state index contributed by atoms with van der Waals surface area (Å²) in [5, 5.41) is 0. The van der Waals surface area contributed by atoms with Gasteiger partial charge in [-0.15, -0.1) is 0 Å². The minimum Gasteiger partial charge on any atom is -0.483 e. The van der Waals surface area contributed by atoms with E-state index in [1.54, 1.807) is 4.90 Å². The highest BCUT2D eigenvalue weighted by Gasteiger charge is 2.18. The van der Waals surface area contributed by atoms with Crippen molar-refractivity contribution >= 4 is 41.6 Å². The van der Waals surface area contributed by atoms with Crippen LogP contribution in [0.15, 0.2) is 27.6 Å². The number of amides is 1. The summed E-state index contributed by atoms with van der Waals surface area (Å²) in [6, 6.07) is 4.10. The summed E-state index contributed by atoms with van der Waals surface area (Å²) >= 11 is 3.19. The number of nitrogens with zero attached hydrogens (tertiary/aromatic N) is 1. The van der Waals surface area contributed by atoms with Crippen LogP contribution in [0.25, 0.3) is 0 Å². The van der Waals surface area contributed by atoms with Gasteiger partial charge in [0, 0.05) is 23.8 Å². The molecule has 116 valence electrons. The van der Waals surface area contributed by atoms with Crippen LogP contribution in [-0.2, 0) is 18.6 Å². The maximum atomic E-state index is 11.9. The first-order valence-corrected chi connectivity index (χ1v) is 9.21. The molecule has 0 radical (unpaired) electrons. The highest BCUT2D eigenvalue weighted by atomic mass is 79.9. The monoisotopic (exact) mass is 397 g/mol. The van der Waals surface area contributed by atoms with Crippen molar-refractivity contribution in [2.75, 3.05) is 32.9 Å². The molecule has 1 saturated heterocycles. The van der Waals surface area contributed by atoms with Crippen molar-refractivity contribution in [1.29, 1.82) is 0 Å². The Labute approximate surface area is 135 Å². The lowest BCUT2D eigenvalue weighted by Crippen LogP contribution is -2.43. The van der Waals surface area contributed by atoms with Gasteiger partial charge in [-0.25, -0.2) is 8.42 Å². The van der Waals surface area contributed by atoms with E-state index in [0.29, 0.717) is 36.5 Å². The molecule has 1 fully saturated rings. The van der Waals surface area contributed by atoms with Crippen LogP contribution in [0.5, 0.6) is 5.75 Å². The highest BCUT2D eigenvalue weighted by molar-refractivity contribution is 9.10. The summed E-state index contributed by atoms with van der Waals surface area (Å²) in [5.74, 6) is 0.236. The standard InChI is InChI=1S/C12H13BrClNO5S/c13-10-7-9(21(14,17)18)1-2-11(10)20-8-12(16)15-3-5-19-6-4-15/h1-2,7H,3-6,8H2. The second-order valence-corrected chi connectivity index (χ2v) is 7.73. The van der Waals surface area contributed by atoms with Crippen LogP contribution in [0.1, 0.15) is 0 Å². The molecule has 0 N–H and O–H groups in total. The Kier molecular flexibility index (Phi) is 5.48. The lowest BCUT2D eigenvalue weighted by molar-refractivity contribution is -0.137. The maximum absolute atomic E-state index is 11.9. The van der Waals surface area contributed by atoms with Gasteiger partial charge in [0.15, 0.2) is 6.61 Å². The van der Waals surface area contributed by atoms with E-state index in [-0.39, 0.29) is 17.4 Å². The zero-order chi connectivity index (χ0) is 15.5. The van der Waals surface area contributed by atoms with Crippen LogP contribution >= 0.6 is 26.6 Å². The predicted molar refractivity (Wildman–Crippen MR) is 80.1 cm³/mol. The number of hydrogen-bond acceptors (Lipinski definition) is 5. The molecule has 1 aromatic carbocycles. The molecule has 2 rings (SSSR count). The second kappa shape index (κ2) is 6.95. The number of rotatable bonds is 4. The van der Waals surface area contributed by atoms with Crippen molar-refractivity contribution in [3.05, 3.63) is 22.7 Å². The molecule has 1 aliphatic heterocycles. The average Bonchev–Trinajstić information content (AvgIpc) is 2.45. The topological polar surface area (TPSA) is 72.9 Å². The van der Waals surface area contributed by atoms with E-state index < -0.39 is 9.05 Å². The van der Waals surface area contributed by atoms with Gasteiger partial charge in [0.05, 0.1) is 22.6 Å². The van der Waals surface area contributed by atoms with Gasteiger partial charge < -0.3 is 14.4 Å². The number of carbonyl (C=O) groups excluding carboxylic acids is 1. The van der Waals surface area contributed by atoms with E-state index in [2.05, 4.69) is 15.9 Å². The van der Waals surface area contributed by atoms with Crippen LogP contribution in [0, 0.1) is 0 Å². The molecule has 9 heteroatoms. The SMILES string of the molecule is O=C(COc1ccc(S(=O)(=O)Cl)cc1Br)N1CCOCC1. The lowest BCUT2D eigenvalue weighted by Gasteiger charge is -2.26. The van der Waals surface area contributed by atoms with Gasteiger partial charge in [0.1, 0.15) is 5.75 Å². The normalized spacial score (nSPS) is 15.8. The van der Waals surface area contributed by atoms with Crippen LogP contribution in [-0.4, -0.2) is 52.1 Å². The van der Waals surface area contributed by atoms with Crippen molar-refractivity contribution in [3.63, 3.8) is 0 Å². The number of benzene rings is 1. The second-order valence-electron chi connectivity index (χ2n) is 4.31. The smallest absolute Gasteiger partial charge is 0.261 e. The van der Waals surface area contributed by atoms with Crippen molar-refractivity contribution in [2.45, 2.75) is 4.90 Å². The number of ether oxygens (including phenoxy) is 2. The first kappa shape index (κ1) is 16.5. The van der Waals surface area contributed by atoms with Crippen molar-refractivity contribution in [2.24, 2.45) is 0 Å². The van der Waals surface area contributed by atoms with E-state index >= 15 is 0 Å². The van der Waals surface area contributed by atoms with Crippen molar-refractivity contribution < 1.29 is 22.7 Å². The molecule has 0 saturated carbocycles. The third kappa shape index (κ3) is 4.57. The first-order valence-electron chi connectivity index (χ1n) is 6.10. The fourth-order valence-electron chi connectivity index (χ4n) is 1.79. The Balaban J connectivity index is 1.98. The molecular formula is C12H13BrClNO5S. The van der Waals surface area contributed by atoms with Crippen molar-refractivity contribution in [1.82, 2.24) is 4.90 Å². The molecule has 1 aliphatic rings. The van der Waals surface area contributed by atoms with Gasteiger partial charge in [0.25, 0.3) is 15.0 Å². The fourth-order valence-corrected chi connectivity index (χ4v) is 3.22. The summed E-state index contributed by atoms with van der Waals surface area (Å²) in [6.07, 6.45) is 0. The Morgan fingerprint density at radius 1 is 1.38 bits per heavy atom. The molecule has 0 unspecified atom stereocenters. The van der Waals surface area contributed by atoms with Crippen LogP contribution in [0.2, 0.25) is 0 Å². The largest absolute Gasteiger partial charge is 0.483 e. The van der Waals surface area contributed by atoms with Crippen LogP contribution in [0.3, 0.4) is 0 Å². The van der Waals surface area contributed by atoms with Gasteiger partial charge in [-0.2, -0.15) is 0 Å². The molecule has 1 amide bonds. The first-order chi connectivity index (χ1) is 9.88. The number of carbonyl (C=O) groups is 1. The molecule has 0 atom stereocenters.